The Hall–Kier alpha value is -3.52. The number of imidazole rings is 1. The number of nitrogens with zero attached hydrogens (tertiary/aromatic N) is 3. The number of pyridine rings is 1. The number of aromatic nitrogens is 4. The van der Waals surface area contributed by atoms with Crippen LogP contribution in [0.25, 0.3) is 26.9 Å². The van der Waals surface area contributed by atoms with Crippen molar-refractivity contribution >= 4 is 50.1 Å². The fourth-order valence-electron chi connectivity index (χ4n) is 2.84. The fraction of sp³-hybridized carbons (Fsp3) is 0. The van der Waals surface area contributed by atoms with Crippen LogP contribution in [0.2, 0.25) is 0 Å². The number of H-pyrrole nitrogens is 1. The highest BCUT2D eigenvalue weighted by atomic mass is 32.1. The number of hydrogen-bond acceptors (Lipinski definition) is 5. The molecule has 26 heavy (non-hydrogen) atoms. The first-order valence-electron chi connectivity index (χ1n) is 7.86. The van der Waals surface area contributed by atoms with Gasteiger partial charge in [0, 0.05) is 6.20 Å². The standard InChI is InChI=1S/C18H11N5O2S/c24-15(22-18-19-11-5-1-2-6-12(11)20-18)13-9-10-16(26-13)21-14-7-3-4-8-23(14)17(10)25/h1-9H,(H2,19,20,22,24). The lowest BCUT2D eigenvalue weighted by molar-refractivity contribution is 0.103. The lowest BCUT2D eigenvalue weighted by atomic mass is 10.3. The Kier molecular flexibility index (Phi) is 3.13. The van der Waals surface area contributed by atoms with E-state index in [9.17, 15) is 9.59 Å². The van der Waals surface area contributed by atoms with Gasteiger partial charge >= 0.3 is 0 Å². The zero-order valence-corrected chi connectivity index (χ0v) is 14.1. The number of aromatic amines is 1. The van der Waals surface area contributed by atoms with E-state index in [0.717, 1.165) is 11.0 Å². The molecule has 0 aliphatic rings. The van der Waals surface area contributed by atoms with Crippen LogP contribution in [0.5, 0.6) is 0 Å². The highest BCUT2D eigenvalue weighted by molar-refractivity contribution is 7.20. The van der Waals surface area contributed by atoms with E-state index < -0.39 is 0 Å². The van der Waals surface area contributed by atoms with Gasteiger partial charge in [-0.15, -0.1) is 11.3 Å². The zero-order valence-electron chi connectivity index (χ0n) is 13.3. The number of para-hydroxylation sites is 2. The van der Waals surface area contributed by atoms with Gasteiger partial charge in [-0.3, -0.25) is 19.3 Å². The Morgan fingerprint density at radius 2 is 1.96 bits per heavy atom. The van der Waals surface area contributed by atoms with Gasteiger partial charge in [-0.2, -0.15) is 0 Å². The van der Waals surface area contributed by atoms with Gasteiger partial charge in [0.25, 0.3) is 11.5 Å². The molecular formula is C18H11N5O2S. The molecule has 4 aromatic heterocycles. The van der Waals surface area contributed by atoms with Crippen LogP contribution in [-0.4, -0.2) is 25.3 Å². The third-order valence-electron chi connectivity index (χ3n) is 4.06. The second-order valence-corrected chi connectivity index (χ2v) is 6.76. The normalized spacial score (nSPS) is 11.4. The molecule has 0 fully saturated rings. The summed E-state index contributed by atoms with van der Waals surface area (Å²) in [6, 6.07) is 14.4. The van der Waals surface area contributed by atoms with Gasteiger partial charge in [-0.05, 0) is 30.3 Å². The highest BCUT2D eigenvalue weighted by Crippen LogP contribution is 2.23. The second kappa shape index (κ2) is 5.50. The Balaban J connectivity index is 1.55. The lowest BCUT2D eigenvalue weighted by Crippen LogP contribution is -2.14. The SMILES string of the molecule is O=C(Nc1nc2ccccc2[nH]1)c1cc2c(=O)n3ccccc3nc2s1. The van der Waals surface area contributed by atoms with Crippen molar-refractivity contribution < 1.29 is 4.79 Å². The van der Waals surface area contributed by atoms with Crippen molar-refractivity contribution in [3.63, 3.8) is 0 Å². The summed E-state index contributed by atoms with van der Waals surface area (Å²) in [6.07, 6.45) is 1.66. The van der Waals surface area contributed by atoms with Crippen molar-refractivity contribution in [2.75, 3.05) is 5.32 Å². The van der Waals surface area contributed by atoms with E-state index >= 15 is 0 Å². The minimum absolute atomic E-state index is 0.190. The lowest BCUT2D eigenvalue weighted by Gasteiger charge is -1.97. The van der Waals surface area contributed by atoms with Crippen LogP contribution in [0.4, 0.5) is 5.95 Å². The summed E-state index contributed by atoms with van der Waals surface area (Å²) in [5.41, 5.74) is 1.97. The van der Waals surface area contributed by atoms with Crippen molar-refractivity contribution in [1.29, 1.82) is 0 Å². The van der Waals surface area contributed by atoms with Crippen molar-refractivity contribution in [3.05, 3.63) is 70.0 Å². The van der Waals surface area contributed by atoms with E-state index in [1.165, 1.54) is 15.7 Å². The Labute approximate surface area is 150 Å². The van der Waals surface area contributed by atoms with Gasteiger partial charge in [-0.1, -0.05) is 18.2 Å². The van der Waals surface area contributed by atoms with E-state index in [1.807, 2.05) is 30.3 Å². The van der Waals surface area contributed by atoms with Crippen LogP contribution < -0.4 is 10.9 Å². The number of anilines is 1. The monoisotopic (exact) mass is 361 g/mol. The topological polar surface area (TPSA) is 92.1 Å². The molecular weight excluding hydrogens is 350 g/mol. The average Bonchev–Trinajstić information content (AvgIpc) is 3.25. The van der Waals surface area contributed by atoms with Gasteiger partial charge in [0.1, 0.15) is 10.5 Å². The molecule has 2 N–H and O–H groups in total. The Bertz CT molecular complexity index is 1330. The predicted molar refractivity (Wildman–Crippen MR) is 101 cm³/mol. The van der Waals surface area contributed by atoms with Crippen LogP contribution in [0.3, 0.4) is 0 Å². The number of hydrogen-bond donors (Lipinski definition) is 2. The summed E-state index contributed by atoms with van der Waals surface area (Å²) in [4.78, 5) is 37.9. The van der Waals surface area contributed by atoms with E-state index in [4.69, 9.17) is 0 Å². The number of fused-ring (bicyclic) bond motifs is 3. The first kappa shape index (κ1) is 14.8. The molecule has 1 aromatic carbocycles. The predicted octanol–water partition coefficient (Wildman–Crippen LogP) is 3.04. The molecule has 0 atom stereocenters. The number of rotatable bonds is 2. The van der Waals surface area contributed by atoms with E-state index in [2.05, 4.69) is 20.3 Å². The number of amides is 1. The molecule has 0 unspecified atom stereocenters. The van der Waals surface area contributed by atoms with Crippen LogP contribution in [0, 0.1) is 0 Å². The molecule has 0 radical (unpaired) electrons. The van der Waals surface area contributed by atoms with Crippen molar-refractivity contribution in [2.24, 2.45) is 0 Å². The van der Waals surface area contributed by atoms with E-state index in [-0.39, 0.29) is 11.5 Å². The quantitative estimate of drug-likeness (QED) is 0.505. The molecule has 0 aliphatic heterocycles. The first-order chi connectivity index (χ1) is 12.7. The summed E-state index contributed by atoms with van der Waals surface area (Å²) in [7, 11) is 0. The smallest absolute Gasteiger partial charge is 0.268 e. The molecule has 4 heterocycles. The summed E-state index contributed by atoms with van der Waals surface area (Å²) >= 11 is 1.18. The van der Waals surface area contributed by atoms with Crippen molar-refractivity contribution in [1.82, 2.24) is 19.4 Å². The second-order valence-electron chi connectivity index (χ2n) is 5.73. The number of carbonyl (C=O) groups excluding carboxylic acids is 1. The van der Waals surface area contributed by atoms with Crippen molar-refractivity contribution in [2.45, 2.75) is 0 Å². The molecule has 7 nitrogen and oxygen atoms in total. The molecule has 8 heteroatoms. The minimum Gasteiger partial charge on any atom is -0.324 e. The summed E-state index contributed by atoms with van der Waals surface area (Å²) < 4.78 is 1.47. The van der Waals surface area contributed by atoms with Crippen LogP contribution >= 0.6 is 11.3 Å². The molecule has 5 aromatic rings. The molecule has 0 aliphatic carbocycles. The number of thiophene rings is 1. The van der Waals surface area contributed by atoms with Gasteiger partial charge in [0.05, 0.1) is 21.3 Å². The summed E-state index contributed by atoms with van der Waals surface area (Å²) in [6.45, 7) is 0. The van der Waals surface area contributed by atoms with Gasteiger partial charge in [-0.25, -0.2) is 9.97 Å². The maximum atomic E-state index is 12.6. The van der Waals surface area contributed by atoms with Gasteiger partial charge in [0.2, 0.25) is 5.95 Å². The largest absolute Gasteiger partial charge is 0.324 e. The van der Waals surface area contributed by atoms with Gasteiger partial charge in [0.15, 0.2) is 0 Å². The Morgan fingerprint density at radius 1 is 1.12 bits per heavy atom. The number of nitrogens with one attached hydrogen (secondary N) is 2. The number of benzene rings is 1. The van der Waals surface area contributed by atoms with Crippen LogP contribution in [0.1, 0.15) is 9.67 Å². The van der Waals surface area contributed by atoms with E-state index in [0.29, 0.717) is 26.7 Å². The molecule has 126 valence electrons. The molecule has 1 amide bonds. The molecule has 0 spiro atoms. The maximum Gasteiger partial charge on any atom is 0.268 e. The third kappa shape index (κ3) is 2.27. The highest BCUT2D eigenvalue weighted by Gasteiger charge is 2.16. The van der Waals surface area contributed by atoms with Crippen LogP contribution in [-0.2, 0) is 0 Å². The molecule has 0 saturated carbocycles. The number of carbonyl (C=O) groups is 1. The third-order valence-corrected chi connectivity index (χ3v) is 5.09. The summed E-state index contributed by atoms with van der Waals surface area (Å²) in [5.74, 6) is 0.0315. The average molecular weight is 361 g/mol. The molecule has 0 saturated heterocycles. The van der Waals surface area contributed by atoms with E-state index in [1.54, 1.807) is 24.4 Å². The maximum absolute atomic E-state index is 12.6. The van der Waals surface area contributed by atoms with Crippen LogP contribution in [0.15, 0.2) is 59.5 Å². The fourth-order valence-corrected chi connectivity index (χ4v) is 3.77. The van der Waals surface area contributed by atoms with Crippen molar-refractivity contribution in [3.8, 4) is 0 Å². The summed E-state index contributed by atoms with van der Waals surface area (Å²) in [5, 5.41) is 3.16. The Morgan fingerprint density at radius 3 is 2.85 bits per heavy atom. The zero-order chi connectivity index (χ0) is 17.7. The minimum atomic E-state index is -0.333. The molecule has 0 bridgehead atoms. The first-order valence-corrected chi connectivity index (χ1v) is 8.68. The van der Waals surface area contributed by atoms with Gasteiger partial charge < -0.3 is 4.98 Å². The molecule has 5 rings (SSSR count).